The van der Waals surface area contributed by atoms with Gasteiger partial charge < -0.3 is 10.0 Å². The van der Waals surface area contributed by atoms with Crippen molar-refractivity contribution in [3.05, 3.63) is 33.6 Å². The normalized spacial score (nSPS) is 16.4. The first-order valence-electron chi connectivity index (χ1n) is 6.56. The Morgan fingerprint density at radius 2 is 2.00 bits per heavy atom. The maximum absolute atomic E-state index is 14.3. The Morgan fingerprint density at radius 3 is 2.55 bits per heavy atom. The number of hydrogen-bond acceptors (Lipinski definition) is 5. The molecule has 110 valence electrons. The summed E-state index contributed by atoms with van der Waals surface area (Å²) in [6, 6.07) is 2.83. The van der Waals surface area contributed by atoms with Crippen LogP contribution in [0.3, 0.4) is 0 Å². The number of nitrogens with zero attached hydrogens (tertiary/aromatic N) is 3. The van der Waals surface area contributed by atoms with E-state index in [0.29, 0.717) is 25.3 Å². The van der Waals surface area contributed by atoms with Crippen molar-refractivity contribution in [3.63, 3.8) is 0 Å². The van der Waals surface area contributed by atoms with Crippen molar-refractivity contribution in [1.29, 1.82) is 0 Å². The highest BCUT2D eigenvalue weighted by Crippen LogP contribution is 2.29. The Balaban J connectivity index is 2.15. The van der Waals surface area contributed by atoms with Crippen LogP contribution in [0.5, 0.6) is 0 Å². The van der Waals surface area contributed by atoms with Gasteiger partial charge in [0, 0.05) is 38.8 Å². The van der Waals surface area contributed by atoms with E-state index in [1.807, 2.05) is 4.90 Å². The molecule has 1 fully saturated rings. The van der Waals surface area contributed by atoms with Crippen molar-refractivity contribution < 1.29 is 14.4 Å². The number of β-amino-alcohol motifs (C(OH)–C–C–N with tert-alkyl or cyclic N) is 1. The molecular formula is C13H18FN3O3. The lowest BCUT2D eigenvalue weighted by molar-refractivity contribution is -0.385. The van der Waals surface area contributed by atoms with Crippen molar-refractivity contribution in [1.82, 2.24) is 4.90 Å². The van der Waals surface area contributed by atoms with Gasteiger partial charge in [0.25, 0.3) is 5.69 Å². The molecule has 1 aromatic rings. The van der Waals surface area contributed by atoms with E-state index < -0.39 is 10.7 Å². The molecule has 1 aliphatic heterocycles. The van der Waals surface area contributed by atoms with Crippen LogP contribution in [0.4, 0.5) is 15.8 Å². The molecule has 1 N–H and O–H groups in total. The second-order valence-corrected chi connectivity index (χ2v) is 4.85. The Labute approximate surface area is 116 Å². The number of piperazine rings is 1. The smallest absolute Gasteiger partial charge is 0.275 e. The number of aliphatic hydroxyl groups is 1. The minimum Gasteiger partial charge on any atom is -0.395 e. The first kappa shape index (κ1) is 14.7. The van der Waals surface area contributed by atoms with Gasteiger partial charge in [-0.05, 0) is 13.0 Å². The van der Waals surface area contributed by atoms with Crippen molar-refractivity contribution in [3.8, 4) is 0 Å². The van der Waals surface area contributed by atoms with Gasteiger partial charge in [0.05, 0.1) is 22.8 Å². The molecule has 1 saturated heterocycles. The zero-order valence-corrected chi connectivity index (χ0v) is 11.4. The van der Waals surface area contributed by atoms with Crippen molar-refractivity contribution in [2.45, 2.75) is 6.92 Å². The van der Waals surface area contributed by atoms with Gasteiger partial charge in [-0.25, -0.2) is 4.39 Å². The highest BCUT2D eigenvalue weighted by Gasteiger charge is 2.23. The summed E-state index contributed by atoms with van der Waals surface area (Å²) in [4.78, 5) is 14.2. The van der Waals surface area contributed by atoms with Gasteiger partial charge in [0.15, 0.2) is 5.82 Å². The van der Waals surface area contributed by atoms with Gasteiger partial charge in [0.2, 0.25) is 0 Å². The summed E-state index contributed by atoms with van der Waals surface area (Å²) < 4.78 is 14.3. The van der Waals surface area contributed by atoms with Gasteiger partial charge in [-0.2, -0.15) is 0 Å². The number of benzene rings is 1. The lowest BCUT2D eigenvalue weighted by atomic mass is 10.1. The van der Waals surface area contributed by atoms with Crippen LogP contribution in [0.15, 0.2) is 12.1 Å². The van der Waals surface area contributed by atoms with Crippen molar-refractivity contribution >= 4 is 11.4 Å². The summed E-state index contributed by atoms with van der Waals surface area (Å²) in [6.45, 7) is 4.95. The van der Waals surface area contributed by atoms with Crippen LogP contribution < -0.4 is 4.90 Å². The third-order valence-corrected chi connectivity index (χ3v) is 3.66. The molecule has 0 bridgehead atoms. The number of anilines is 1. The third kappa shape index (κ3) is 2.88. The standard InChI is InChI=1S/C13H18FN3O3/c1-10-11(17(19)20)2-3-12(13(10)14)16-6-4-15(5-7-16)8-9-18/h2-3,18H,4-9H2,1H3. The number of aliphatic hydroxyl groups excluding tert-OH is 1. The molecule has 1 heterocycles. The van der Waals surface area contributed by atoms with Crippen LogP contribution in [-0.2, 0) is 0 Å². The molecule has 0 saturated carbocycles. The summed E-state index contributed by atoms with van der Waals surface area (Å²) >= 11 is 0. The van der Waals surface area contributed by atoms with E-state index in [0.717, 1.165) is 13.1 Å². The quantitative estimate of drug-likeness (QED) is 0.663. The lowest BCUT2D eigenvalue weighted by Crippen LogP contribution is -2.47. The molecule has 20 heavy (non-hydrogen) atoms. The molecule has 0 unspecified atom stereocenters. The van der Waals surface area contributed by atoms with E-state index in [4.69, 9.17) is 5.11 Å². The van der Waals surface area contributed by atoms with Crippen LogP contribution in [0.1, 0.15) is 5.56 Å². The predicted molar refractivity (Wildman–Crippen MR) is 73.5 cm³/mol. The summed E-state index contributed by atoms with van der Waals surface area (Å²) in [7, 11) is 0. The number of hydrogen-bond donors (Lipinski definition) is 1. The second-order valence-electron chi connectivity index (χ2n) is 4.85. The van der Waals surface area contributed by atoms with Gasteiger partial charge in [-0.15, -0.1) is 0 Å². The fourth-order valence-electron chi connectivity index (χ4n) is 2.46. The second kappa shape index (κ2) is 6.15. The molecule has 0 aliphatic carbocycles. The van der Waals surface area contributed by atoms with E-state index in [1.165, 1.54) is 19.1 Å². The summed E-state index contributed by atoms with van der Waals surface area (Å²) in [5.41, 5.74) is 0.298. The highest BCUT2D eigenvalue weighted by molar-refractivity contribution is 5.57. The highest BCUT2D eigenvalue weighted by atomic mass is 19.1. The maximum atomic E-state index is 14.3. The van der Waals surface area contributed by atoms with E-state index in [9.17, 15) is 14.5 Å². The third-order valence-electron chi connectivity index (χ3n) is 3.66. The predicted octanol–water partition coefficient (Wildman–Crippen LogP) is 1.16. The summed E-state index contributed by atoms with van der Waals surface area (Å²) in [6.07, 6.45) is 0. The van der Waals surface area contributed by atoms with Crippen LogP contribution >= 0.6 is 0 Å². The monoisotopic (exact) mass is 283 g/mol. The van der Waals surface area contributed by atoms with Crippen molar-refractivity contribution in [2.75, 3.05) is 44.2 Å². The van der Waals surface area contributed by atoms with Gasteiger partial charge in [-0.3, -0.25) is 15.0 Å². The fourth-order valence-corrected chi connectivity index (χ4v) is 2.46. The zero-order chi connectivity index (χ0) is 14.7. The summed E-state index contributed by atoms with van der Waals surface area (Å²) in [5, 5.41) is 19.7. The number of nitro benzene ring substituents is 1. The number of rotatable bonds is 4. The minimum atomic E-state index is -0.568. The number of halogens is 1. The Hall–Kier alpha value is -1.73. The van der Waals surface area contributed by atoms with E-state index >= 15 is 0 Å². The number of nitro groups is 1. The molecule has 0 amide bonds. The van der Waals surface area contributed by atoms with Crippen LogP contribution in [0, 0.1) is 22.9 Å². The van der Waals surface area contributed by atoms with Gasteiger partial charge >= 0.3 is 0 Å². The van der Waals surface area contributed by atoms with Crippen LogP contribution in [-0.4, -0.2) is 54.3 Å². The first-order valence-corrected chi connectivity index (χ1v) is 6.56. The van der Waals surface area contributed by atoms with Crippen LogP contribution in [0.2, 0.25) is 0 Å². The molecule has 0 radical (unpaired) electrons. The maximum Gasteiger partial charge on any atom is 0.275 e. The Morgan fingerprint density at radius 1 is 1.35 bits per heavy atom. The molecular weight excluding hydrogens is 265 g/mol. The van der Waals surface area contributed by atoms with Crippen LogP contribution in [0.25, 0.3) is 0 Å². The first-order chi connectivity index (χ1) is 9.54. The fraction of sp³-hybridized carbons (Fsp3) is 0.538. The molecule has 0 spiro atoms. The lowest BCUT2D eigenvalue weighted by Gasteiger charge is -2.36. The molecule has 7 heteroatoms. The molecule has 6 nitrogen and oxygen atoms in total. The molecule has 2 rings (SSSR count). The molecule has 0 atom stereocenters. The Kier molecular flexibility index (Phi) is 4.51. The molecule has 0 aromatic heterocycles. The molecule has 1 aromatic carbocycles. The van der Waals surface area contributed by atoms with Crippen molar-refractivity contribution in [2.24, 2.45) is 0 Å². The van der Waals surface area contributed by atoms with Gasteiger partial charge in [-0.1, -0.05) is 0 Å². The average Bonchev–Trinajstić information content (AvgIpc) is 2.43. The van der Waals surface area contributed by atoms with E-state index in [-0.39, 0.29) is 17.9 Å². The zero-order valence-electron chi connectivity index (χ0n) is 11.4. The molecule has 1 aliphatic rings. The topological polar surface area (TPSA) is 69.9 Å². The van der Waals surface area contributed by atoms with E-state index in [1.54, 1.807) is 0 Å². The SMILES string of the molecule is Cc1c([N+](=O)[O-])ccc(N2CCN(CCO)CC2)c1F. The summed E-state index contributed by atoms with van der Waals surface area (Å²) in [5.74, 6) is -0.519. The van der Waals surface area contributed by atoms with Gasteiger partial charge in [0.1, 0.15) is 0 Å². The minimum absolute atomic E-state index is 0.0743. The van der Waals surface area contributed by atoms with E-state index in [2.05, 4.69) is 4.90 Å². The Bertz CT molecular complexity index is 502. The largest absolute Gasteiger partial charge is 0.395 e. The average molecular weight is 283 g/mol.